The molecule has 20 heavy (non-hydrogen) atoms. The number of ketones is 1. The van der Waals surface area contributed by atoms with Crippen molar-refractivity contribution in [3.8, 4) is 0 Å². The minimum Gasteiger partial charge on any atom is -0.444 e. The molecule has 1 N–H and O–H groups in total. The Hall–Kier alpha value is -1.10. The Bertz CT molecular complexity index is 348. The van der Waals surface area contributed by atoms with E-state index in [1.54, 1.807) is 7.11 Å². The van der Waals surface area contributed by atoms with Crippen molar-refractivity contribution in [2.24, 2.45) is 11.8 Å². The summed E-state index contributed by atoms with van der Waals surface area (Å²) in [5.74, 6) is 0.532. The molecule has 1 aliphatic carbocycles. The number of nitrogens with one attached hydrogen (secondary N) is 1. The van der Waals surface area contributed by atoms with Crippen molar-refractivity contribution in [1.29, 1.82) is 0 Å². The minimum atomic E-state index is -0.550. The van der Waals surface area contributed by atoms with Gasteiger partial charge in [-0.3, -0.25) is 4.79 Å². The van der Waals surface area contributed by atoms with Gasteiger partial charge in [0.25, 0.3) is 0 Å². The highest BCUT2D eigenvalue weighted by molar-refractivity contribution is 5.83. The number of hydrogen-bond acceptors (Lipinski definition) is 4. The van der Waals surface area contributed by atoms with Crippen LogP contribution in [0, 0.1) is 11.8 Å². The van der Waals surface area contributed by atoms with Gasteiger partial charge >= 0.3 is 6.09 Å². The number of rotatable bonds is 4. The van der Waals surface area contributed by atoms with Crippen molar-refractivity contribution in [1.82, 2.24) is 5.32 Å². The van der Waals surface area contributed by atoms with Gasteiger partial charge in [-0.25, -0.2) is 4.79 Å². The molecule has 1 fully saturated rings. The van der Waals surface area contributed by atoms with Gasteiger partial charge in [0.05, 0.1) is 12.6 Å². The Balaban J connectivity index is 2.67. The molecule has 0 aromatic heterocycles. The summed E-state index contributed by atoms with van der Waals surface area (Å²) in [5, 5.41) is 2.79. The molecule has 5 nitrogen and oxygen atoms in total. The lowest BCUT2D eigenvalue weighted by Crippen LogP contribution is -2.49. The van der Waals surface area contributed by atoms with Crippen LogP contribution in [-0.4, -0.2) is 37.2 Å². The zero-order valence-electron chi connectivity index (χ0n) is 13.2. The molecule has 3 unspecified atom stereocenters. The third-order valence-corrected chi connectivity index (χ3v) is 3.49. The molecular weight excluding hydrogens is 258 g/mol. The summed E-state index contributed by atoms with van der Waals surface area (Å²) in [6.07, 6.45) is 1.82. The number of carbonyl (C=O) groups excluding carboxylic acids is 2. The number of Topliss-reactive ketones (excluding diaryl/α,β-unsaturated/α-hetero) is 1. The van der Waals surface area contributed by atoms with E-state index in [1.165, 1.54) is 0 Å². The van der Waals surface area contributed by atoms with Crippen LogP contribution in [0.25, 0.3) is 0 Å². The molecule has 3 atom stereocenters. The van der Waals surface area contributed by atoms with Crippen LogP contribution in [0.1, 0.15) is 47.0 Å². The fourth-order valence-electron chi connectivity index (χ4n) is 2.54. The highest BCUT2D eigenvalue weighted by Crippen LogP contribution is 2.28. The first-order chi connectivity index (χ1) is 9.23. The summed E-state index contributed by atoms with van der Waals surface area (Å²) < 4.78 is 10.4. The first-order valence-corrected chi connectivity index (χ1v) is 7.24. The van der Waals surface area contributed by atoms with Gasteiger partial charge in [0.1, 0.15) is 11.4 Å². The molecule has 5 heteroatoms. The Morgan fingerprint density at radius 2 is 2.10 bits per heavy atom. The third kappa shape index (κ3) is 5.49. The maximum absolute atomic E-state index is 12.1. The van der Waals surface area contributed by atoms with Crippen molar-refractivity contribution in [3.63, 3.8) is 0 Å². The summed E-state index contributed by atoms with van der Waals surface area (Å²) in [6, 6.07) is -0.315. The maximum Gasteiger partial charge on any atom is 0.407 e. The van der Waals surface area contributed by atoms with Gasteiger partial charge in [-0.1, -0.05) is 6.92 Å². The van der Waals surface area contributed by atoms with Gasteiger partial charge in [0.15, 0.2) is 0 Å². The molecule has 1 aliphatic rings. The van der Waals surface area contributed by atoms with Crippen LogP contribution in [0.2, 0.25) is 0 Å². The lowest BCUT2D eigenvalue weighted by atomic mass is 9.78. The summed E-state index contributed by atoms with van der Waals surface area (Å²) in [7, 11) is 1.57. The predicted molar refractivity (Wildman–Crippen MR) is 76.5 cm³/mol. The number of ether oxygens (including phenoxy) is 2. The van der Waals surface area contributed by atoms with Gasteiger partial charge < -0.3 is 14.8 Å². The molecule has 0 aromatic carbocycles. The molecule has 0 heterocycles. The molecule has 1 saturated carbocycles. The second-order valence-electron chi connectivity index (χ2n) is 6.66. The Labute approximate surface area is 121 Å². The summed E-state index contributed by atoms with van der Waals surface area (Å²) in [6.45, 7) is 7.89. The van der Waals surface area contributed by atoms with E-state index >= 15 is 0 Å². The minimum absolute atomic E-state index is 0.175. The van der Waals surface area contributed by atoms with Crippen LogP contribution in [0.15, 0.2) is 0 Å². The second-order valence-corrected chi connectivity index (χ2v) is 6.66. The average Bonchev–Trinajstić information content (AvgIpc) is 2.29. The topological polar surface area (TPSA) is 64.6 Å². The lowest BCUT2D eigenvalue weighted by molar-refractivity contribution is -0.127. The molecular formula is C15H27NO4. The van der Waals surface area contributed by atoms with E-state index in [0.717, 1.165) is 12.8 Å². The number of methoxy groups -OCH3 is 1. The maximum atomic E-state index is 12.1. The van der Waals surface area contributed by atoms with Gasteiger partial charge in [-0.15, -0.1) is 0 Å². The van der Waals surface area contributed by atoms with Crippen LogP contribution >= 0.6 is 0 Å². The Morgan fingerprint density at radius 3 is 2.65 bits per heavy atom. The van der Waals surface area contributed by atoms with Gasteiger partial charge in [-0.05, 0) is 39.5 Å². The highest BCUT2D eigenvalue weighted by atomic mass is 16.6. The van der Waals surface area contributed by atoms with Crippen LogP contribution in [0.3, 0.4) is 0 Å². The fourth-order valence-corrected chi connectivity index (χ4v) is 2.54. The number of carbonyl (C=O) groups is 2. The van der Waals surface area contributed by atoms with Crippen LogP contribution in [-0.2, 0) is 14.3 Å². The van der Waals surface area contributed by atoms with Crippen molar-refractivity contribution in [2.75, 3.05) is 13.7 Å². The largest absolute Gasteiger partial charge is 0.444 e. The SMILES string of the molecule is COCC(NC(=O)OC(C)(C)C)C1CC(C)CCC1=O. The molecule has 0 saturated heterocycles. The van der Waals surface area contributed by atoms with E-state index in [-0.39, 0.29) is 17.7 Å². The molecule has 1 amide bonds. The predicted octanol–water partition coefficient (Wildman–Crippen LogP) is 2.53. The standard InChI is InChI=1S/C15H27NO4/c1-10-6-7-13(17)11(8-10)12(9-19-5)16-14(18)20-15(2,3)4/h10-12H,6-9H2,1-5H3,(H,16,18). The summed E-state index contributed by atoms with van der Waals surface area (Å²) >= 11 is 0. The van der Waals surface area contributed by atoms with Gasteiger partial charge in [-0.2, -0.15) is 0 Å². The molecule has 0 spiro atoms. The number of hydrogen-bond donors (Lipinski definition) is 1. The summed E-state index contributed by atoms with van der Waals surface area (Å²) in [5.41, 5.74) is -0.550. The zero-order chi connectivity index (χ0) is 15.3. The van der Waals surface area contributed by atoms with Gasteiger partial charge in [0, 0.05) is 19.4 Å². The molecule has 0 bridgehead atoms. The second kappa shape index (κ2) is 7.07. The highest BCUT2D eigenvalue weighted by Gasteiger charge is 2.34. The normalized spacial score (nSPS) is 25.1. The molecule has 116 valence electrons. The quantitative estimate of drug-likeness (QED) is 0.862. The molecule has 0 aromatic rings. The van der Waals surface area contributed by atoms with E-state index in [4.69, 9.17) is 9.47 Å². The Kier molecular flexibility index (Phi) is 5.99. The average molecular weight is 285 g/mol. The molecule has 0 radical (unpaired) electrons. The van der Waals surface area contributed by atoms with Crippen LogP contribution in [0.4, 0.5) is 4.79 Å². The van der Waals surface area contributed by atoms with Crippen LogP contribution < -0.4 is 5.32 Å². The van der Waals surface area contributed by atoms with Crippen molar-refractivity contribution < 1.29 is 19.1 Å². The van der Waals surface area contributed by atoms with Crippen molar-refractivity contribution in [3.05, 3.63) is 0 Å². The number of alkyl carbamates (subject to hydrolysis) is 1. The molecule has 0 aliphatic heterocycles. The van der Waals surface area contributed by atoms with Gasteiger partial charge in [0.2, 0.25) is 0 Å². The van der Waals surface area contributed by atoms with Crippen LogP contribution in [0.5, 0.6) is 0 Å². The third-order valence-electron chi connectivity index (χ3n) is 3.49. The number of amides is 1. The fraction of sp³-hybridized carbons (Fsp3) is 0.867. The Morgan fingerprint density at radius 1 is 1.45 bits per heavy atom. The van der Waals surface area contributed by atoms with E-state index < -0.39 is 11.7 Å². The monoisotopic (exact) mass is 285 g/mol. The van der Waals surface area contributed by atoms with E-state index in [1.807, 2.05) is 20.8 Å². The smallest absolute Gasteiger partial charge is 0.407 e. The van der Waals surface area contributed by atoms with E-state index in [9.17, 15) is 9.59 Å². The first kappa shape index (κ1) is 17.0. The first-order valence-electron chi connectivity index (χ1n) is 7.24. The van der Waals surface area contributed by atoms with Crippen molar-refractivity contribution >= 4 is 11.9 Å². The zero-order valence-corrected chi connectivity index (χ0v) is 13.2. The summed E-state index contributed by atoms with van der Waals surface area (Å²) in [4.78, 5) is 23.9. The lowest BCUT2D eigenvalue weighted by Gasteiger charge is -2.32. The van der Waals surface area contributed by atoms with Crippen molar-refractivity contribution in [2.45, 2.75) is 58.6 Å². The van der Waals surface area contributed by atoms with E-state index in [0.29, 0.717) is 18.9 Å². The molecule has 1 rings (SSSR count). The van der Waals surface area contributed by atoms with E-state index in [2.05, 4.69) is 12.2 Å².